The summed E-state index contributed by atoms with van der Waals surface area (Å²) in [6, 6.07) is 17.3. The van der Waals surface area contributed by atoms with Crippen LogP contribution in [0.2, 0.25) is 0 Å². The van der Waals surface area contributed by atoms with E-state index in [2.05, 4.69) is 75.4 Å². The van der Waals surface area contributed by atoms with Gasteiger partial charge in [-0.2, -0.15) is 0 Å². The molecule has 0 unspecified atom stereocenters. The van der Waals surface area contributed by atoms with Crippen molar-refractivity contribution in [2.45, 2.75) is 38.5 Å². The van der Waals surface area contributed by atoms with Crippen molar-refractivity contribution in [1.29, 1.82) is 0 Å². The van der Waals surface area contributed by atoms with E-state index in [4.69, 9.17) is 0 Å². The summed E-state index contributed by atoms with van der Waals surface area (Å²) in [6.07, 6.45) is 4.68. The van der Waals surface area contributed by atoms with Crippen LogP contribution >= 0.6 is 11.8 Å². The molecule has 104 valence electrons. The Labute approximate surface area is 126 Å². The average Bonchev–Trinajstić information content (AvgIpc) is 2.45. The van der Waals surface area contributed by atoms with Crippen molar-refractivity contribution < 1.29 is 0 Å². The number of unbranched alkanes of at least 4 members (excludes halogenated alkanes) is 1. The maximum Gasteiger partial charge on any atom is 0.0157 e. The van der Waals surface area contributed by atoms with Gasteiger partial charge in [-0.3, -0.25) is 0 Å². The molecule has 0 aliphatic rings. The Morgan fingerprint density at radius 3 is 2.45 bits per heavy atom. The molecular formula is C19H22S. The zero-order valence-electron chi connectivity index (χ0n) is 12.5. The zero-order valence-corrected chi connectivity index (χ0v) is 13.3. The van der Waals surface area contributed by atoms with Crippen LogP contribution in [0.25, 0.3) is 4.91 Å². The predicted octanol–water partition coefficient (Wildman–Crippen LogP) is 6.24. The molecule has 2 aromatic carbocycles. The molecule has 0 bridgehead atoms. The highest BCUT2D eigenvalue weighted by Crippen LogP contribution is 2.36. The van der Waals surface area contributed by atoms with Crippen molar-refractivity contribution in [2.24, 2.45) is 0 Å². The second-order valence-electron chi connectivity index (χ2n) is 5.09. The van der Waals surface area contributed by atoms with Gasteiger partial charge in [0.2, 0.25) is 0 Å². The van der Waals surface area contributed by atoms with Crippen LogP contribution in [-0.2, 0) is 0 Å². The molecule has 0 nitrogen and oxygen atoms in total. The third kappa shape index (κ3) is 4.01. The van der Waals surface area contributed by atoms with Gasteiger partial charge in [-0.15, -0.1) is 0 Å². The van der Waals surface area contributed by atoms with E-state index in [0.29, 0.717) is 0 Å². The molecule has 20 heavy (non-hydrogen) atoms. The van der Waals surface area contributed by atoms with E-state index in [-0.39, 0.29) is 0 Å². The van der Waals surface area contributed by atoms with Gasteiger partial charge in [-0.05, 0) is 43.5 Å². The largest absolute Gasteiger partial charge is 0.0898 e. The SMILES string of the molecule is CCC/C=C(\Sc1ccccc1)c1ccc(C)cc1C. The van der Waals surface area contributed by atoms with E-state index in [0.717, 1.165) is 6.42 Å². The fraction of sp³-hybridized carbons (Fsp3) is 0.263. The lowest BCUT2D eigenvalue weighted by atomic mass is 10.0. The Bertz CT molecular complexity index is 582. The summed E-state index contributed by atoms with van der Waals surface area (Å²) >= 11 is 1.86. The van der Waals surface area contributed by atoms with E-state index >= 15 is 0 Å². The highest BCUT2D eigenvalue weighted by atomic mass is 32.2. The van der Waals surface area contributed by atoms with E-state index in [1.165, 1.54) is 32.9 Å². The summed E-state index contributed by atoms with van der Waals surface area (Å²) in [4.78, 5) is 2.67. The third-order valence-corrected chi connectivity index (χ3v) is 4.35. The Kier molecular flexibility index (Phi) is 5.49. The standard InChI is InChI=1S/C19H22S/c1-4-5-11-19(20-17-9-7-6-8-10-17)18-13-12-15(2)14-16(18)3/h6-14H,4-5H2,1-3H3/b19-11-. The first-order valence-corrected chi connectivity index (χ1v) is 8.03. The second-order valence-corrected chi connectivity index (χ2v) is 6.21. The average molecular weight is 282 g/mol. The zero-order chi connectivity index (χ0) is 14.4. The van der Waals surface area contributed by atoms with Crippen molar-refractivity contribution >= 4 is 16.7 Å². The first-order chi connectivity index (χ1) is 9.70. The molecule has 0 radical (unpaired) electrons. The molecule has 1 heteroatoms. The Hall–Kier alpha value is -1.47. The van der Waals surface area contributed by atoms with E-state index in [1.807, 2.05) is 11.8 Å². The number of thioether (sulfide) groups is 1. The summed E-state index contributed by atoms with van der Waals surface area (Å²) in [7, 11) is 0. The van der Waals surface area contributed by atoms with Gasteiger partial charge in [-0.25, -0.2) is 0 Å². The summed E-state index contributed by atoms with van der Waals surface area (Å²) in [6.45, 7) is 6.58. The maximum absolute atomic E-state index is 2.37. The van der Waals surface area contributed by atoms with Gasteiger partial charge in [-0.1, -0.05) is 73.1 Å². The summed E-state index contributed by atoms with van der Waals surface area (Å²) in [5, 5.41) is 0. The highest BCUT2D eigenvalue weighted by Gasteiger charge is 2.07. The molecule has 0 fully saturated rings. The number of hydrogen-bond acceptors (Lipinski definition) is 1. The van der Waals surface area contributed by atoms with Crippen LogP contribution in [0.1, 0.15) is 36.5 Å². The minimum absolute atomic E-state index is 1.13. The molecule has 2 rings (SSSR count). The summed E-state index contributed by atoms with van der Waals surface area (Å²) in [5.41, 5.74) is 4.04. The first kappa shape index (κ1) is 14.9. The molecule has 0 spiro atoms. The van der Waals surface area contributed by atoms with Crippen molar-refractivity contribution in [3.8, 4) is 0 Å². The molecule has 0 aliphatic carbocycles. The Morgan fingerprint density at radius 2 is 1.80 bits per heavy atom. The second kappa shape index (κ2) is 7.35. The van der Waals surface area contributed by atoms with Crippen molar-refractivity contribution in [2.75, 3.05) is 0 Å². The predicted molar refractivity (Wildman–Crippen MR) is 91.1 cm³/mol. The quantitative estimate of drug-likeness (QED) is 0.585. The number of aryl methyl sites for hydroxylation is 2. The van der Waals surface area contributed by atoms with Crippen molar-refractivity contribution in [1.82, 2.24) is 0 Å². The molecule has 0 atom stereocenters. The number of benzene rings is 2. The van der Waals surface area contributed by atoms with Crippen LogP contribution in [0, 0.1) is 13.8 Å². The number of rotatable bonds is 5. The maximum atomic E-state index is 2.37. The van der Waals surface area contributed by atoms with Crippen LogP contribution in [0.5, 0.6) is 0 Å². The van der Waals surface area contributed by atoms with Crippen LogP contribution in [0.15, 0.2) is 59.5 Å². The van der Waals surface area contributed by atoms with Crippen LogP contribution in [0.4, 0.5) is 0 Å². The van der Waals surface area contributed by atoms with Gasteiger partial charge in [0.05, 0.1) is 0 Å². The molecule has 0 amide bonds. The lowest BCUT2D eigenvalue weighted by Crippen LogP contribution is -1.88. The number of hydrogen-bond donors (Lipinski definition) is 0. The van der Waals surface area contributed by atoms with E-state index in [1.54, 1.807) is 0 Å². The van der Waals surface area contributed by atoms with Crippen molar-refractivity contribution in [3.63, 3.8) is 0 Å². The monoisotopic (exact) mass is 282 g/mol. The van der Waals surface area contributed by atoms with Gasteiger partial charge in [0.25, 0.3) is 0 Å². The topological polar surface area (TPSA) is 0 Å². The van der Waals surface area contributed by atoms with Gasteiger partial charge in [0.1, 0.15) is 0 Å². The van der Waals surface area contributed by atoms with E-state index in [9.17, 15) is 0 Å². The van der Waals surface area contributed by atoms with Crippen LogP contribution in [-0.4, -0.2) is 0 Å². The molecule has 0 N–H and O–H groups in total. The van der Waals surface area contributed by atoms with E-state index < -0.39 is 0 Å². The normalized spacial score (nSPS) is 11.7. The molecule has 0 saturated heterocycles. The summed E-state index contributed by atoms with van der Waals surface area (Å²) < 4.78 is 0. The molecule has 0 heterocycles. The highest BCUT2D eigenvalue weighted by molar-refractivity contribution is 8.08. The minimum Gasteiger partial charge on any atom is -0.0898 e. The van der Waals surface area contributed by atoms with Gasteiger partial charge < -0.3 is 0 Å². The lowest BCUT2D eigenvalue weighted by Gasteiger charge is -2.12. The van der Waals surface area contributed by atoms with Gasteiger partial charge in [0.15, 0.2) is 0 Å². The van der Waals surface area contributed by atoms with Gasteiger partial charge >= 0.3 is 0 Å². The molecule has 2 aromatic rings. The Balaban J connectivity index is 2.32. The lowest BCUT2D eigenvalue weighted by molar-refractivity contribution is 0.961. The third-order valence-electron chi connectivity index (χ3n) is 3.24. The Morgan fingerprint density at radius 1 is 1.05 bits per heavy atom. The summed E-state index contributed by atoms with van der Waals surface area (Å²) in [5.74, 6) is 0. The van der Waals surface area contributed by atoms with Crippen LogP contribution in [0.3, 0.4) is 0 Å². The fourth-order valence-electron chi connectivity index (χ4n) is 2.19. The minimum atomic E-state index is 1.13. The molecule has 0 saturated carbocycles. The smallest absolute Gasteiger partial charge is 0.0157 e. The molecular weight excluding hydrogens is 260 g/mol. The molecule has 0 aliphatic heterocycles. The van der Waals surface area contributed by atoms with Crippen molar-refractivity contribution in [3.05, 3.63) is 71.3 Å². The van der Waals surface area contributed by atoms with Crippen LogP contribution < -0.4 is 0 Å². The fourth-order valence-corrected chi connectivity index (χ4v) is 3.27. The first-order valence-electron chi connectivity index (χ1n) is 7.21. The van der Waals surface area contributed by atoms with Gasteiger partial charge in [0, 0.05) is 9.80 Å². The number of allylic oxidation sites excluding steroid dienone is 1. The molecule has 0 aromatic heterocycles.